The maximum absolute atomic E-state index is 13.5. The van der Waals surface area contributed by atoms with Crippen molar-refractivity contribution in [2.75, 3.05) is 5.32 Å². The number of hydrogen-bond acceptors (Lipinski definition) is 2. The number of carbonyl (C=O) groups excluding carboxylic acids is 1. The van der Waals surface area contributed by atoms with Crippen LogP contribution in [0.1, 0.15) is 12.8 Å². The SMILES string of the molecule is O=C(Nc1ccc2[nH]nc(-c3cccc(F)c3)c2c1Br)C1CC1. The number of nitrogens with one attached hydrogen (secondary N) is 2. The predicted molar refractivity (Wildman–Crippen MR) is 90.5 cm³/mol. The zero-order chi connectivity index (χ0) is 16.0. The lowest BCUT2D eigenvalue weighted by Gasteiger charge is -2.08. The van der Waals surface area contributed by atoms with Crippen molar-refractivity contribution < 1.29 is 9.18 Å². The first-order valence-corrected chi connectivity index (χ1v) is 8.16. The average molecular weight is 374 g/mol. The van der Waals surface area contributed by atoms with Crippen molar-refractivity contribution in [1.29, 1.82) is 0 Å². The molecule has 0 unspecified atom stereocenters. The maximum atomic E-state index is 13.5. The summed E-state index contributed by atoms with van der Waals surface area (Å²) in [5, 5.41) is 11.0. The highest BCUT2D eigenvalue weighted by Gasteiger charge is 2.30. The highest BCUT2D eigenvalue weighted by Crippen LogP contribution is 2.38. The third-order valence-electron chi connectivity index (χ3n) is 3.97. The van der Waals surface area contributed by atoms with Crippen LogP contribution in [0.5, 0.6) is 0 Å². The lowest BCUT2D eigenvalue weighted by Crippen LogP contribution is -2.13. The van der Waals surface area contributed by atoms with E-state index in [2.05, 4.69) is 31.4 Å². The molecule has 1 aliphatic carbocycles. The molecule has 0 radical (unpaired) electrons. The molecule has 2 aromatic carbocycles. The number of halogens is 2. The van der Waals surface area contributed by atoms with E-state index in [0.29, 0.717) is 16.9 Å². The minimum absolute atomic E-state index is 0.0425. The quantitative estimate of drug-likeness (QED) is 0.710. The molecule has 4 rings (SSSR count). The Balaban J connectivity index is 1.81. The molecule has 2 N–H and O–H groups in total. The third-order valence-corrected chi connectivity index (χ3v) is 4.79. The van der Waals surface area contributed by atoms with E-state index in [-0.39, 0.29) is 17.6 Å². The van der Waals surface area contributed by atoms with Crippen molar-refractivity contribution in [3.8, 4) is 11.3 Å². The fraction of sp³-hybridized carbons (Fsp3) is 0.176. The number of H-pyrrole nitrogens is 1. The Morgan fingerprint density at radius 3 is 2.87 bits per heavy atom. The Morgan fingerprint density at radius 2 is 2.13 bits per heavy atom. The molecule has 0 aliphatic heterocycles. The number of aromatic amines is 1. The van der Waals surface area contributed by atoms with Gasteiger partial charge in [-0.1, -0.05) is 12.1 Å². The lowest BCUT2D eigenvalue weighted by atomic mass is 10.1. The van der Waals surface area contributed by atoms with Gasteiger partial charge < -0.3 is 5.32 Å². The molecule has 116 valence electrons. The highest BCUT2D eigenvalue weighted by molar-refractivity contribution is 9.10. The van der Waals surface area contributed by atoms with Gasteiger partial charge >= 0.3 is 0 Å². The molecule has 1 saturated carbocycles. The molecule has 0 atom stereocenters. The standard InChI is InChI=1S/C17H13BrFN3O/c18-15-13(20-17(23)9-4-5-9)7-6-12-14(15)16(22-21-12)10-2-1-3-11(19)8-10/h1-3,6-9H,4-5H2,(H,20,23)(H,21,22). The van der Waals surface area contributed by atoms with Crippen molar-refractivity contribution in [1.82, 2.24) is 10.2 Å². The van der Waals surface area contributed by atoms with Crippen LogP contribution in [0, 0.1) is 11.7 Å². The predicted octanol–water partition coefficient (Wildman–Crippen LogP) is 4.48. The fourth-order valence-corrected chi connectivity index (χ4v) is 3.23. The first-order valence-electron chi connectivity index (χ1n) is 7.37. The van der Waals surface area contributed by atoms with Gasteiger partial charge in [-0.25, -0.2) is 4.39 Å². The van der Waals surface area contributed by atoms with Crippen LogP contribution in [0.2, 0.25) is 0 Å². The number of anilines is 1. The summed E-state index contributed by atoms with van der Waals surface area (Å²) in [6.07, 6.45) is 1.90. The molecule has 0 bridgehead atoms. The Bertz CT molecular complexity index is 917. The van der Waals surface area contributed by atoms with E-state index in [1.807, 2.05) is 12.1 Å². The topological polar surface area (TPSA) is 57.8 Å². The molecule has 1 aliphatic rings. The van der Waals surface area contributed by atoms with Gasteiger partial charge in [0.15, 0.2) is 0 Å². The second kappa shape index (κ2) is 5.45. The van der Waals surface area contributed by atoms with Gasteiger partial charge in [-0.2, -0.15) is 5.10 Å². The number of nitrogens with zero attached hydrogens (tertiary/aromatic N) is 1. The van der Waals surface area contributed by atoms with Crippen LogP contribution in [0.15, 0.2) is 40.9 Å². The van der Waals surface area contributed by atoms with E-state index in [1.54, 1.807) is 12.1 Å². The van der Waals surface area contributed by atoms with Crippen LogP contribution in [0.4, 0.5) is 10.1 Å². The number of amides is 1. The number of hydrogen-bond donors (Lipinski definition) is 2. The minimum Gasteiger partial charge on any atom is -0.325 e. The zero-order valence-electron chi connectivity index (χ0n) is 12.1. The Kier molecular flexibility index (Phi) is 3.41. The van der Waals surface area contributed by atoms with Crippen LogP contribution in [0.3, 0.4) is 0 Å². The number of rotatable bonds is 3. The van der Waals surface area contributed by atoms with Crippen LogP contribution >= 0.6 is 15.9 Å². The summed E-state index contributed by atoms with van der Waals surface area (Å²) >= 11 is 3.56. The zero-order valence-corrected chi connectivity index (χ0v) is 13.7. The molecule has 1 fully saturated rings. The number of fused-ring (bicyclic) bond motifs is 1. The van der Waals surface area contributed by atoms with E-state index in [9.17, 15) is 9.18 Å². The first-order chi connectivity index (χ1) is 11.1. The van der Waals surface area contributed by atoms with Crippen LogP contribution in [0.25, 0.3) is 22.2 Å². The molecular formula is C17H13BrFN3O. The second-order valence-corrected chi connectivity index (χ2v) is 6.49. The first kappa shape index (κ1) is 14.4. The molecule has 1 aromatic heterocycles. The normalized spacial score (nSPS) is 14.2. The van der Waals surface area contributed by atoms with Crippen LogP contribution in [-0.4, -0.2) is 16.1 Å². The van der Waals surface area contributed by atoms with Gasteiger partial charge in [-0.05, 0) is 53.0 Å². The van der Waals surface area contributed by atoms with E-state index >= 15 is 0 Å². The van der Waals surface area contributed by atoms with Crippen molar-refractivity contribution in [3.63, 3.8) is 0 Å². The summed E-state index contributed by atoms with van der Waals surface area (Å²) < 4.78 is 14.2. The van der Waals surface area contributed by atoms with E-state index in [0.717, 1.165) is 28.2 Å². The molecule has 3 aromatic rings. The van der Waals surface area contributed by atoms with Gasteiger partial charge in [0.2, 0.25) is 5.91 Å². The third kappa shape index (κ3) is 2.63. The molecule has 4 nitrogen and oxygen atoms in total. The molecule has 0 saturated heterocycles. The molecule has 0 spiro atoms. The minimum atomic E-state index is -0.312. The summed E-state index contributed by atoms with van der Waals surface area (Å²) in [6, 6.07) is 9.99. The van der Waals surface area contributed by atoms with Gasteiger partial charge in [0.05, 0.1) is 15.7 Å². The highest BCUT2D eigenvalue weighted by atomic mass is 79.9. The van der Waals surface area contributed by atoms with Gasteiger partial charge in [0.25, 0.3) is 0 Å². The summed E-state index contributed by atoms with van der Waals surface area (Å²) in [7, 11) is 0. The van der Waals surface area contributed by atoms with E-state index in [1.165, 1.54) is 12.1 Å². The average Bonchev–Trinajstić information content (AvgIpc) is 3.29. The summed E-state index contributed by atoms with van der Waals surface area (Å²) in [4.78, 5) is 12.0. The summed E-state index contributed by atoms with van der Waals surface area (Å²) in [6.45, 7) is 0. The number of carbonyl (C=O) groups is 1. The molecule has 1 amide bonds. The number of benzene rings is 2. The van der Waals surface area contributed by atoms with Crippen LogP contribution < -0.4 is 5.32 Å². The Labute approximate surface area is 140 Å². The second-order valence-electron chi connectivity index (χ2n) is 5.70. The molecule has 1 heterocycles. The number of aromatic nitrogens is 2. The lowest BCUT2D eigenvalue weighted by molar-refractivity contribution is -0.117. The van der Waals surface area contributed by atoms with Gasteiger partial charge in [-0.3, -0.25) is 9.89 Å². The van der Waals surface area contributed by atoms with Crippen LogP contribution in [-0.2, 0) is 4.79 Å². The van der Waals surface area contributed by atoms with Crippen molar-refractivity contribution in [3.05, 3.63) is 46.7 Å². The van der Waals surface area contributed by atoms with Crippen molar-refractivity contribution >= 4 is 38.4 Å². The smallest absolute Gasteiger partial charge is 0.227 e. The Hall–Kier alpha value is -2.21. The van der Waals surface area contributed by atoms with E-state index < -0.39 is 0 Å². The fourth-order valence-electron chi connectivity index (χ4n) is 2.59. The Morgan fingerprint density at radius 1 is 1.30 bits per heavy atom. The molecule has 6 heteroatoms. The largest absolute Gasteiger partial charge is 0.325 e. The van der Waals surface area contributed by atoms with Crippen molar-refractivity contribution in [2.45, 2.75) is 12.8 Å². The summed E-state index contributed by atoms with van der Waals surface area (Å²) in [5.74, 6) is -0.140. The van der Waals surface area contributed by atoms with Gasteiger partial charge in [0, 0.05) is 16.9 Å². The van der Waals surface area contributed by atoms with Gasteiger partial charge in [0.1, 0.15) is 11.5 Å². The van der Waals surface area contributed by atoms with Gasteiger partial charge in [-0.15, -0.1) is 0 Å². The molecule has 23 heavy (non-hydrogen) atoms. The molecular weight excluding hydrogens is 361 g/mol. The summed E-state index contributed by atoms with van der Waals surface area (Å²) in [5.41, 5.74) is 2.85. The van der Waals surface area contributed by atoms with E-state index in [4.69, 9.17) is 0 Å². The maximum Gasteiger partial charge on any atom is 0.227 e. The monoisotopic (exact) mass is 373 g/mol. The van der Waals surface area contributed by atoms with Crippen molar-refractivity contribution in [2.24, 2.45) is 5.92 Å².